The maximum absolute atomic E-state index is 3.76. The van der Waals surface area contributed by atoms with Crippen LogP contribution in [0.3, 0.4) is 0 Å². The second kappa shape index (κ2) is 7.95. The summed E-state index contributed by atoms with van der Waals surface area (Å²) in [7, 11) is 0. The number of rotatable bonds is 6. The van der Waals surface area contributed by atoms with E-state index in [1.54, 1.807) is 0 Å². The molecular formula is C19H30N2. The molecular weight excluding hydrogens is 256 g/mol. The van der Waals surface area contributed by atoms with Crippen molar-refractivity contribution in [2.45, 2.75) is 56.9 Å². The summed E-state index contributed by atoms with van der Waals surface area (Å²) in [6.07, 6.45) is 9.76. The lowest BCUT2D eigenvalue weighted by molar-refractivity contribution is 0.313. The van der Waals surface area contributed by atoms with Crippen LogP contribution in [-0.2, 0) is 0 Å². The van der Waals surface area contributed by atoms with E-state index in [9.17, 15) is 0 Å². The third-order valence-corrected chi connectivity index (χ3v) is 5.23. The van der Waals surface area contributed by atoms with Crippen LogP contribution >= 0.6 is 0 Å². The summed E-state index contributed by atoms with van der Waals surface area (Å²) in [6, 6.07) is 11.9. The van der Waals surface area contributed by atoms with Gasteiger partial charge in [-0.3, -0.25) is 0 Å². The van der Waals surface area contributed by atoms with Gasteiger partial charge in [0.2, 0.25) is 0 Å². The van der Waals surface area contributed by atoms with E-state index >= 15 is 0 Å². The molecule has 116 valence electrons. The van der Waals surface area contributed by atoms with Crippen LogP contribution in [0.15, 0.2) is 30.3 Å². The van der Waals surface area contributed by atoms with Crippen LogP contribution in [0, 0.1) is 0 Å². The molecule has 21 heavy (non-hydrogen) atoms. The van der Waals surface area contributed by atoms with E-state index in [2.05, 4.69) is 40.5 Å². The summed E-state index contributed by atoms with van der Waals surface area (Å²) in [5.74, 6) is 0.762. The Hall–Kier alpha value is -0.860. The highest BCUT2D eigenvalue weighted by molar-refractivity contribution is 5.20. The Balaban J connectivity index is 1.32. The van der Waals surface area contributed by atoms with Gasteiger partial charge in [0.05, 0.1) is 0 Å². The maximum atomic E-state index is 3.76. The predicted molar refractivity (Wildman–Crippen MR) is 89.7 cm³/mol. The van der Waals surface area contributed by atoms with Gasteiger partial charge in [-0.05, 0) is 56.8 Å². The van der Waals surface area contributed by atoms with Crippen LogP contribution < -0.4 is 5.32 Å². The Labute approximate surface area is 129 Å². The highest BCUT2D eigenvalue weighted by Gasteiger charge is 2.23. The van der Waals surface area contributed by atoms with Gasteiger partial charge in [-0.25, -0.2) is 0 Å². The molecule has 0 bridgehead atoms. The number of benzene rings is 1. The zero-order valence-corrected chi connectivity index (χ0v) is 13.3. The van der Waals surface area contributed by atoms with E-state index in [1.807, 2.05) is 0 Å². The van der Waals surface area contributed by atoms with Crippen molar-refractivity contribution in [3.8, 4) is 0 Å². The maximum Gasteiger partial charge on any atom is 0.00670 e. The van der Waals surface area contributed by atoms with Gasteiger partial charge in [0.25, 0.3) is 0 Å². The van der Waals surface area contributed by atoms with Crippen molar-refractivity contribution < 1.29 is 0 Å². The molecule has 1 aliphatic heterocycles. The fourth-order valence-electron chi connectivity index (χ4n) is 3.95. The molecule has 0 radical (unpaired) electrons. The average molecular weight is 286 g/mol. The topological polar surface area (TPSA) is 15.3 Å². The van der Waals surface area contributed by atoms with Crippen molar-refractivity contribution >= 4 is 0 Å². The smallest absolute Gasteiger partial charge is 0.00670 e. The molecule has 1 N–H and O–H groups in total. The predicted octanol–water partition coefficient (Wildman–Crippen LogP) is 3.79. The number of nitrogens with zero attached hydrogens (tertiary/aromatic N) is 1. The third-order valence-electron chi connectivity index (χ3n) is 5.23. The van der Waals surface area contributed by atoms with Crippen LogP contribution in [-0.4, -0.2) is 37.1 Å². The molecule has 1 unspecified atom stereocenters. The first-order valence-corrected chi connectivity index (χ1v) is 8.92. The van der Waals surface area contributed by atoms with Crippen LogP contribution in [0.2, 0.25) is 0 Å². The van der Waals surface area contributed by atoms with Crippen molar-refractivity contribution in [2.75, 3.05) is 26.2 Å². The van der Waals surface area contributed by atoms with E-state index in [1.165, 1.54) is 76.7 Å². The van der Waals surface area contributed by atoms with E-state index in [0.717, 1.165) is 12.0 Å². The van der Waals surface area contributed by atoms with Crippen molar-refractivity contribution in [3.05, 3.63) is 35.9 Å². The standard InChI is InChI=1S/C19H30N2/c1-3-8-17(9-4-1)18-12-15-21(16-18)14-7-13-20-19-10-5-2-6-11-19/h1,3-4,8-9,18-20H,2,5-7,10-16H2. The van der Waals surface area contributed by atoms with Gasteiger partial charge in [-0.1, -0.05) is 49.6 Å². The minimum Gasteiger partial charge on any atom is -0.314 e. The molecule has 1 atom stereocenters. The summed E-state index contributed by atoms with van der Waals surface area (Å²) < 4.78 is 0. The van der Waals surface area contributed by atoms with E-state index < -0.39 is 0 Å². The molecule has 1 aromatic carbocycles. The Bertz CT molecular complexity index is 397. The Kier molecular flexibility index (Phi) is 5.70. The van der Waals surface area contributed by atoms with Gasteiger partial charge >= 0.3 is 0 Å². The molecule has 1 aromatic rings. The van der Waals surface area contributed by atoms with Crippen LogP contribution in [0.25, 0.3) is 0 Å². The summed E-state index contributed by atoms with van der Waals surface area (Å²) in [5, 5.41) is 3.76. The van der Waals surface area contributed by atoms with Crippen molar-refractivity contribution in [1.82, 2.24) is 10.2 Å². The van der Waals surface area contributed by atoms with Gasteiger partial charge in [-0.2, -0.15) is 0 Å². The van der Waals surface area contributed by atoms with Crippen LogP contribution in [0.4, 0.5) is 0 Å². The fraction of sp³-hybridized carbons (Fsp3) is 0.684. The Morgan fingerprint density at radius 3 is 2.62 bits per heavy atom. The normalized spacial score (nSPS) is 24.5. The molecule has 1 heterocycles. The van der Waals surface area contributed by atoms with Crippen LogP contribution in [0.1, 0.15) is 56.4 Å². The summed E-state index contributed by atoms with van der Waals surface area (Å²) >= 11 is 0. The van der Waals surface area contributed by atoms with Gasteiger partial charge < -0.3 is 10.2 Å². The Morgan fingerprint density at radius 2 is 1.81 bits per heavy atom. The minimum atomic E-state index is 0.762. The second-order valence-corrected chi connectivity index (χ2v) is 6.84. The van der Waals surface area contributed by atoms with Gasteiger partial charge in [0.1, 0.15) is 0 Å². The first-order valence-electron chi connectivity index (χ1n) is 8.92. The summed E-state index contributed by atoms with van der Waals surface area (Å²) in [6.45, 7) is 5.01. The minimum absolute atomic E-state index is 0.762. The molecule has 1 aliphatic carbocycles. The lowest BCUT2D eigenvalue weighted by Crippen LogP contribution is -2.33. The molecule has 2 heteroatoms. The highest BCUT2D eigenvalue weighted by Crippen LogP contribution is 2.26. The monoisotopic (exact) mass is 286 g/mol. The molecule has 0 amide bonds. The molecule has 1 saturated heterocycles. The third kappa shape index (κ3) is 4.55. The average Bonchev–Trinajstić information content (AvgIpc) is 3.02. The molecule has 2 fully saturated rings. The quantitative estimate of drug-likeness (QED) is 0.800. The van der Waals surface area contributed by atoms with Crippen molar-refractivity contribution in [2.24, 2.45) is 0 Å². The number of nitrogens with one attached hydrogen (secondary N) is 1. The van der Waals surface area contributed by atoms with E-state index in [-0.39, 0.29) is 0 Å². The molecule has 3 rings (SSSR count). The molecule has 0 aromatic heterocycles. The lowest BCUT2D eigenvalue weighted by Gasteiger charge is -2.23. The number of hydrogen-bond acceptors (Lipinski definition) is 2. The summed E-state index contributed by atoms with van der Waals surface area (Å²) in [5.41, 5.74) is 1.53. The first kappa shape index (κ1) is 15.1. The zero-order valence-electron chi connectivity index (χ0n) is 13.3. The lowest BCUT2D eigenvalue weighted by atomic mass is 9.95. The molecule has 0 spiro atoms. The first-order chi connectivity index (χ1) is 10.4. The van der Waals surface area contributed by atoms with E-state index in [4.69, 9.17) is 0 Å². The molecule has 2 nitrogen and oxygen atoms in total. The number of hydrogen-bond donors (Lipinski definition) is 1. The highest BCUT2D eigenvalue weighted by atomic mass is 15.1. The number of likely N-dealkylation sites (tertiary alicyclic amines) is 1. The summed E-state index contributed by atoms with van der Waals surface area (Å²) in [4.78, 5) is 2.65. The largest absolute Gasteiger partial charge is 0.314 e. The van der Waals surface area contributed by atoms with Gasteiger partial charge in [0, 0.05) is 12.6 Å². The van der Waals surface area contributed by atoms with Crippen molar-refractivity contribution in [3.63, 3.8) is 0 Å². The second-order valence-electron chi connectivity index (χ2n) is 6.84. The SMILES string of the molecule is c1ccc(C2CCN(CCCNC3CCCCC3)C2)cc1. The zero-order chi connectivity index (χ0) is 14.3. The van der Waals surface area contributed by atoms with Gasteiger partial charge in [-0.15, -0.1) is 0 Å². The van der Waals surface area contributed by atoms with E-state index in [0.29, 0.717) is 0 Å². The van der Waals surface area contributed by atoms with Crippen molar-refractivity contribution in [1.29, 1.82) is 0 Å². The van der Waals surface area contributed by atoms with Gasteiger partial charge in [0.15, 0.2) is 0 Å². The van der Waals surface area contributed by atoms with Crippen LogP contribution in [0.5, 0.6) is 0 Å². The molecule has 1 saturated carbocycles. The fourth-order valence-corrected chi connectivity index (χ4v) is 3.95. The molecule has 2 aliphatic rings. The Morgan fingerprint density at radius 1 is 1.00 bits per heavy atom.